The number of hydrogen-bond donors (Lipinski definition) is 0. The molecule has 1 aliphatic rings. The summed E-state index contributed by atoms with van der Waals surface area (Å²) in [6.07, 6.45) is 9.30. The van der Waals surface area contributed by atoms with Crippen LogP contribution in [-0.4, -0.2) is 48.2 Å². The van der Waals surface area contributed by atoms with Gasteiger partial charge in [-0.2, -0.15) is 5.10 Å². The average molecular weight is 415 g/mol. The minimum absolute atomic E-state index is 0.0527. The quantitative estimate of drug-likeness (QED) is 0.498. The molecule has 1 aromatic carbocycles. The molecule has 0 unspecified atom stereocenters. The van der Waals surface area contributed by atoms with E-state index >= 15 is 0 Å². The zero-order valence-electron chi connectivity index (χ0n) is 17.8. The Labute approximate surface area is 181 Å². The van der Waals surface area contributed by atoms with Gasteiger partial charge in [0.25, 0.3) is 5.91 Å². The van der Waals surface area contributed by atoms with Crippen molar-refractivity contribution in [2.24, 2.45) is 0 Å². The molecule has 7 heteroatoms. The van der Waals surface area contributed by atoms with Gasteiger partial charge in [0, 0.05) is 43.1 Å². The van der Waals surface area contributed by atoms with Gasteiger partial charge < -0.3 is 9.47 Å². The minimum Gasteiger partial charge on any atom is -0.338 e. The topological polar surface area (TPSA) is 68.8 Å². The number of hydrogen-bond acceptors (Lipinski definition) is 4. The summed E-state index contributed by atoms with van der Waals surface area (Å²) in [7, 11) is 0. The minimum atomic E-state index is 0.0527. The summed E-state index contributed by atoms with van der Waals surface area (Å²) < 4.78 is 4.04. The Kier molecular flexibility index (Phi) is 5.02. The number of amides is 1. The van der Waals surface area contributed by atoms with Gasteiger partial charge in [-0.25, -0.2) is 14.6 Å². The highest BCUT2D eigenvalue weighted by molar-refractivity contribution is 6.06. The molecule has 4 aromatic rings. The van der Waals surface area contributed by atoms with Crippen molar-refractivity contribution in [2.75, 3.05) is 13.1 Å². The lowest BCUT2D eigenvalue weighted by atomic mass is 10.0. The molecule has 4 heterocycles. The maximum Gasteiger partial charge on any atom is 0.254 e. The molecule has 0 bridgehead atoms. The van der Waals surface area contributed by atoms with Crippen molar-refractivity contribution in [1.82, 2.24) is 29.2 Å². The van der Waals surface area contributed by atoms with E-state index in [2.05, 4.69) is 28.5 Å². The second-order valence-electron chi connectivity index (χ2n) is 8.37. The Morgan fingerprint density at radius 2 is 1.90 bits per heavy atom. The van der Waals surface area contributed by atoms with Crippen LogP contribution in [0.2, 0.25) is 0 Å². The monoisotopic (exact) mass is 414 g/mol. The van der Waals surface area contributed by atoms with Gasteiger partial charge in [-0.15, -0.1) is 0 Å². The molecule has 5 rings (SSSR count). The van der Waals surface area contributed by atoms with Crippen LogP contribution < -0.4 is 0 Å². The predicted molar refractivity (Wildman–Crippen MR) is 120 cm³/mol. The summed E-state index contributed by atoms with van der Waals surface area (Å²) in [5.41, 5.74) is 3.23. The fraction of sp³-hybridized carbons (Fsp3) is 0.333. The number of carbonyl (C=O) groups is 1. The number of likely N-dealkylation sites (tertiary alicyclic amines) is 1. The van der Waals surface area contributed by atoms with Crippen LogP contribution in [0, 0.1) is 0 Å². The van der Waals surface area contributed by atoms with Crippen molar-refractivity contribution in [1.29, 1.82) is 0 Å². The van der Waals surface area contributed by atoms with Gasteiger partial charge in [-0.3, -0.25) is 4.79 Å². The number of rotatable bonds is 4. The van der Waals surface area contributed by atoms with E-state index in [1.165, 1.54) is 0 Å². The SMILES string of the molecule is CC(C)n1ncc2c(C(=O)N3CCC(n4ccnc4)CC3)cc(-c3ccccc3)nc21. The van der Waals surface area contributed by atoms with Gasteiger partial charge in [0.15, 0.2) is 5.65 Å². The molecule has 0 N–H and O–H groups in total. The van der Waals surface area contributed by atoms with E-state index in [4.69, 9.17) is 4.98 Å². The smallest absolute Gasteiger partial charge is 0.254 e. The number of fused-ring (bicyclic) bond motifs is 1. The largest absolute Gasteiger partial charge is 0.338 e. The molecule has 31 heavy (non-hydrogen) atoms. The summed E-state index contributed by atoms with van der Waals surface area (Å²) in [5.74, 6) is 0.0527. The number of nitrogens with zero attached hydrogens (tertiary/aromatic N) is 6. The van der Waals surface area contributed by atoms with Crippen LogP contribution in [0.1, 0.15) is 49.1 Å². The lowest BCUT2D eigenvalue weighted by molar-refractivity contribution is 0.0696. The van der Waals surface area contributed by atoms with Crippen LogP contribution in [-0.2, 0) is 0 Å². The summed E-state index contributed by atoms with van der Waals surface area (Å²) in [6, 6.07) is 12.5. The summed E-state index contributed by atoms with van der Waals surface area (Å²) in [4.78, 5) is 24.6. The van der Waals surface area contributed by atoms with Crippen LogP contribution in [0.5, 0.6) is 0 Å². The predicted octanol–water partition coefficient (Wildman–Crippen LogP) is 4.35. The third-order valence-corrected chi connectivity index (χ3v) is 6.05. The summed E-state index contributed by atoms with van der Waals surface area (Å²) in [5, 5.41) is 5.35. The van der Waals surface area contributed by atoms with Crippen LogP contribution >= 0.6 is 0 Å². The molecule has 0 saturated carbocycles. The molecule has 0 atom stereocenters. The maximum atomic E-state index is 13.6. The Bertz CT molecular complexity index is 1190. The Balaban J connectivity index is 1.50. The average Bonchev–Trinajstić information content (AvgIpc) is 3.49. The van der Waals surface area contributed by atoms with Crippen molar-refractivity contribution in [3.8, 4) is 11.3 Å². The number of aromatic nitrogens is 5. The first-order valence-electron chi connectivity index (χ1n) is 10.8. The molecule has 1 aliphatic heterocycles. The molecular formula is C24H26N6O. The van der Waals surface area contributed by atoms with Crippen molar-refractivity contribution < 1.29 is 4.79 Å². The second-order valence-corrected chi connectivity index (χ2v) is 8.37. The van der Waals surface area contributed by atoms with Crippen molar-refractivity contribution >= 4 is 16.9 Å². The molecule has 3 aromatic heterocycles. The van der Waals surface area contributed by atoms with Crippen molar-refractivity contribution in [3.63, 3.8) is 0 Å². The molecular weight excluding hydrogens is 388 g/mol. The van der Waals surface area contributed by atoms with Crippen LogP contribution in [0.4, 0.5) is 0 Å². The van der Waals surface area contributed by atoms with Gasteiger partial charge in [0.2, 0.25) is 0 Å². The van der Waals surface area contributed by atoms with Gasteiger partial charge in [0.1, 0.15) is 0 Å². The molecule has 7 nitrogen and oxygen atoms in total. The first-order chi connectivity index (χ1) is 15.1. The summed E-state index contributed by atoms with van der Waals surface area (Å²) in [6.45, 7) is 5.60. The molecule has 1 fully saturated rings. The lowest BCUT2D eigenvalue weighted by Crippen LogP contribution is -2.39. The molecule has 0 radical (unpaired) electrons. The zero-order chi connectivity index (χ0) is 21.4. The fourth-order valence-electron chi connectivity index (χ4n) is 4.35. The van der Waals surface area contributed by atoms with Gasteiger partial charge >= 0.3 is 0 Å². The highest BCUT2D eigenvalue weighted by Gasteiger charge is 2.27. The lowest BCUT2D eigenvalue weighted by Gasteiger charge is -2.32. The van der Waals surface area contributed by atoms with E-state index in [9.17, 15) is 4.79 Å². The standard InChI is InChI=1S/C24H26N6O/c1-17(2)30-23-21(15-26-30)20(14-22(27-23)18-6-4-3-5-7-18)24(31)28-11-8-19(9-12-28)29-13-10-25-16-29/h3-7,10,13-17,19H,8-9,11-12H2,1-2H3. The number of pyridine rings is 1. The first-order valence-corrected chi connectivity index (χ1v) is 10.8. The van der Waals surface area contributed by atoms with E-state index in [-0.39, 0.29) is 11.9 Å². The van der Waals surface area contributed by atoms with Crippen molar-refractivity contribution in [2.45, 2.75) is 38.8 Å². The van der Waals surface area contributed by atoms with E-state index in [0.717, 1.165) is 48.2 Å². The third-order valence-electron chi connectivity index (χ3n) is 6.05. The molecule has 158 valence electrons. The maximum absolute atomic E-state index is 13.6. The molecule has 0 aliphatic carbocycles. The van der Waals surface area contributed by atoms with Crippen molar-refractivity contribution in [3.05, 3.63) is 66.9 Å². The number of imidazole rings is 1. The normalized spacial score (nSPS) is 15.1. The van der Waals surface area contributed by atoms with E-state index in [1.807, 2.05) is 64.7 Å². The Morgan fingerprint density at radius 3 is 2.58 bits per heavy atom. The number of piperidine rings is 1. The van der Waals surface area contributed by atoms with Crippen LogP contribution in [0.3, 0.4) is 0 Å². The second kappa shape index (κ2) is 7.98. The van der Waals surface area contributed by atoms with Crippen LogP contribution in [0.15, 0.2) is 61.3 Å². The number of carbonyl (C=O) groups excluding carboxylic acids is 1. The molecule has 0 spiro atoms. The van der Waals surface area contributed by atoms with E-state index < -0.39 is 0 Å². The highest BCUT2D eigenvalue weighted by atomic mass is 16.2. The van der Waals surface area contributed by atoms with Crippen LogP contribution in [0.25, 0.3) is 22.3 Å². The Hall–Kier alpha value is -3.48. The summed E-state index contributed by atoms with van der Waals surface area (Å²) >= 11 is 0. The first kappa shape index (κ1) is 19.5. The number of benzene rings is 1. The highest BCUT2D eigenvalue weighted by Crippen LogP contribution is 2.29. The zero-order valence-corrected chi connectivity index (χ0v) is 17.8. The van der Waals surface area contributed by atoms with Gasteiger partial charge in [-0.05, 0) is 32.8 Å². The van der Waals surface area contributed by atoms with E-state index in [0.29, 0.717) is 11.6 Å². The Morgan fingerprint density at radius 1 is 1.13 bits per heavy atom. The van der Waals surface area contributed by atoms with Gasteiger partial charge in [0.05, 0.1) is 29.2 Å². The fourth-order valence-corrected chi connectivity index (χ4v) is 4.35. The molecule has 1 amide bonds. The van der Waals surface area contributed by atoms with Gasteiger partial charge in [-0.1, -0.05) is 30.3 Å². The molecule has 1 saturated heterocycles. The van der Waals surface area contributed by atoms with E-state index in [1.54, 1.807) is 6.20 Å². The third kappa shape index (κ3) is 3.60.